The third-order valence-corrected chi connectivity index (χ3v) is 4.86. The third-order valence-electron chi connectivity index (χ3n) is 4.86. The lowest BCUT2D eigenvalue weighted by molar-refractivity contribution is 0.324. The molecule has 0 aliphatic carbocycles. The number of ether oxygens (including phenoxy) is 3. The zero-order valence-electron chi connectivity index (χ0n) is 17.1. The number of nitrogens with zero attached hydrogens (tertiary/aromatic N) is 4. The number of fused-ring (bicyclic) bond motifs is 1. The molecule has 150 valence electrons. The molecule has 4 rings (SSSR count). The second-order valence-corrected chi connectivity index (χ2v) is 6.66. The van der Waals surface area contributed by atoms with E-state index in [1.807, 2.05) is 50.9 Å². The first-order chi connectivity index (χ1) is 14.0. The van der Waals surface area contributed by atoms with Crippen molar-refractivity contribution in [2.45, 2.75) is 0 Å². The molecule has 3 heterocycles. The van der Waals surface area contributed by atoms with Crippen molar-refractivity contribution >= 4 is 22.4 Å². The number of hydrogen-bond donors (Lipinski definition) is 1. The summed E-state index contributed by atoms with van der Waals surface area (Å²) < 4.78 is 20.2. The van der Waals surface area contributed by atoms with Gasteiger partial charge in [0.15, 0.2) is 11.5 Å². The lowest BCUT2D eigenvalue weighted by atomic mass is 10.2. The standard InChI is InChI=1S/C21H23N5O3/c1-25-12-14(11-23-25)16-6-13-10-22-20(9-17(13)26(16)2)24-15-7-18(27-3)21(29-5)19(8-15)28-4/h6-12H,1-5H3,(H,22,24). The Hall–Kier alpha value is -3.68. The Bertz CT molecular complexity index is 1150. The zero-order chi connectivity index (χ0) is 20.5. The summed E-state index contributed by atoms with van der Waals surface area (Å²) in [4.78, 5) is 4.55. The predicted molar refractivity (Wildman–Crippen MR) is 112 cm³/mol. The number of pyridine rings is 1. The van der Waals surface area contributed by atoms with Crippen LogP contribution in [0, 0.1) is 0 Å². The molecule has 1 aromatic carbocycles. The first-order valence-corrected chi connectivity index (χ1v) is 9.05. The van der Waals surface area contributed by atoms with Crippen molar-refractivity contribution in [1.29, 1.82) is 0 Å². The minimum atomic E-state index is 0.549. The summed E-state index contributed by atoms with van der Waals surface area (Å²) in [7, 11) is 8.71. The highest BCUT2D eigenvalue weighted by atomic mass is 16.5. The molecule has 0 bridgehead atoms. The summed E-state index contributed by atoms with van der Waals surface area (Å²) >= 11 is 0. The van der Waals surface area contributed by atoms with E-state index < -0.39 is 0 Å². The molecule has 0 saturated carbocycles. The van der Waals surface area contributed by atoms with E-state index in [2.05, 4.69) is 26.0 Å². The fourth-order valence-electron chi connectivity index (χ4n) is 3.43. The van der Waals surface area contributed by atoms with Gasteiger partial charge in [-0.2, -0.15) is 5.10 Å². The summed E-state index contributed by atoms with van der Waals surface area (Å²) in [5.41, 5.74) is 3.99. The van der Waals surface area contributed by atoms with Crippen LogP contribution in [0.1, 0.15) is 0 Å². The maximum Gasteiger partial charge on any atom is 0.203 e. The van der Waals surface area contributed by atoms with Crippen molar-refractivity contribution in [2.24, 2.45) is 14.1 Å². The summed E-state index contributed by atoms with van der Waals surface area (Å²) in [5.74, 6) is 2.42. The Labute approximate surface area is 168 Å². The molecule has 0 fully saturated rings. The summed E-state index contributed by atoms with van der Waals surface area (Å²) in [6.45, 7) is 0. The van der Waals surface area contributed by atoms with Gasteiger partial charge in [-0.05, 0) is 6.07 Å². The summed E-state index contributed by atoms with van der Waals surface area (Å²) in [6, 6.07) is 7.82. The van der Waals surface area contributed by atoms with Crippen molar-refractivity contribution in [1.82, 2.24) is 19.3 Å². The van der Waals surface area contributed by atoms with Gasteiger partial charge in [-0.3, -0.25) is 4.68 Å². The predicted octanol–water partition coefficient (Wildman–Crippen LogP) is 3.74. The van der Waals surface area contributed by atoms with Crippen molar-refractivity contribution in [3.63, 3.8) is 0 Å². The molecule has 8 nitrogen and oxygen atoms in total. The van der Waals surface area contributed by atoms with E-state index >= 15 is 0 Å². The van der Waals surface area contributed by atoms with Crippen molar-refractivity contribution in [3.05, 3.63) is 42.9 Å². The molecule has 0 aliphatic rings. The topological polar surface area (TPSA) is 75.4 Å². The minimum absolute atomic E-state index is 0.549. The van der Waals surface area contributed by atoms with E-state index in [9.17, 15) is 0 Å². The first-order valence-electron chi connectivity index (χ1n) is 9.05. The van der Waals surface area contributed by atoms with Crippen LogP contribution in [0.3, 0.4) is 0 Å². The van der Waals surface area contributed by atoms with Crippen LogP contribution in [0.25, 0.3) is 22.2 Å². The highest BCUT2D eigenvalue weighted by Crippen LogP contribution is 2.40. The average Bonchev–Trinajstić information content (AvgIpc) is 3.30. The molecule has 1 N–H and O–H groups in total. The van der Waals surface area contributed by atoms with Crippen molar-refractivity contribution in [2.75, 3.05) is 26.6 Å². The fourth-order valence-corrected chi connectivity index (χ4v) is 3.43. The highest BCUT2D eigenvalue weighted by molar-refractivity contribution is 5.88. The van der Waals surface area contributed by atoms with Crippen LogP contribution in [-0.2, 0) is 14.1 Å². The normalized spacial score (nSPS) is 10.9. The largest absolute Gasteiger partial charge is 0.493 e. The van der Waals surface area contributed by atoms with Crippen molar-refractivity contribution < 1.29 is 14.2 Å². The van der Waals surface area contributed by atoms with Crippen LogP contribution in [0.2, 0.25) is 0 Å². The van der Waals surface area contributed by atoms with E-state index in [4.69, 9.17) is 14.2 Å². The maximum atomic E-state index is 5.42. The molecule has 29 heavy (non-hydrogen) atoms. The van der Waals surface area contributed by atoms with Crippen LogP contribution in [-0.4, -0.2) is 40.7 Å². The molecule has 3 aromatic heterocycles. The van der Waals surface area contributed by atoms with E-state index in [0.717, 1.165) is 27.8 Å². The van der Waals surface area contributed by atoms with Crippen LogP contribution in [0.5, 0.6) is 17.2 Å². The molecule has 0 amide bonds. The molecule has 0 saturated heterocycles. The Morgan fingerprint density at radius 2 is 1.62 bits per heavy atom. The Balaban J connectivity index is 1.71. The SMILES string of the molecule is COc1cc(Nc2cc3c(cn2)cc(-c2cnn(C)c2)n3C)cc(OC)c1OC. The summed E-state index contributed by atoms with van der Waals surface area (Å²) in [6.07, 6.45) is 5.71. The van der Waals surface area contributed by atoms with E-state index in [0.29, 0.717) is 23.1 Å². The van der Waals surface area contributed by atoms with E-state index in [-0.39, 0.29) is 0 Å². The Morgan fingerprint density at radius 3 is 2.21 bits per heavy atom. The van der Waals surface area contributed by atoms with Crippen LogP contribution in [0.4, 0.5) is 11.5 Å². The van der Waals surface area contributed by atoms with Crippen LogP contribution in [0.15, 0.2) is 42.9 Å². The second kappa shape index (κ2) is 7.38. The van der Waals surface area contributed by atoms with Gasteiger partial charge in [0.2, 0.25) is 5.75 Å². The molecule has 0 aliphatic heterocycles. The maximum absolute atomic E-state index is 5.42. The van der Waals surface area contributed by atoms with Gasteiger partial charge >= 0.3 is 0 Å². The number of aromatic nitrogens is 4. The monoisotopic (exact) mass is 393 g/mol. The van der Waals surface area contributed by atoms with Gasteiger partial charge in [0, 0.05) is 61.3 Å². The molecular weight excluding hydrogens is 370 g/mol. The molecule has 0 atom stereocenters. The second-order valence-electron chi connectivity index (χ2n) is 6.66. The molecule has 0 unspecified atom stereocenters. The third kappa shape index (κ3) is 3.33. The zero-order valence-corrected chi connectivity index (χ0v) is 17.1. The molecular formula is C21H23N5O3. The molecule has 8 heteroatoms. The number of anilines is 2. The van der Waals surface area contributed by atoms with Gasteiger partial charge in [0.05, 0.1) is 38.7 Å². The number of aryl methyl sites for hydroxylation is 2. The van der Waals surface area contributed by atoms with Gasteiger partial charge < -0.3 is 24.1 Å². The number of rotatable bonds is 6. The first kappa shape index (κ1) is 18.7. The van der Waals surface area contributed by atoms with Gasteiger partial charge in [-0.15, -0.1) is 0 Å². The Kier molecular flexibility index (Phi) is 4.75. The average molecular weight is 393 g/mol. The minimum Gasteiger partial charge on any atom is -0.493 e. The highest BCUT2D eigenvalue weighted by Gasteiger charge is 2.15. The smallest absolute Gasteiger partial charge is 0.203 e. The number of benzene rings is 1. The fraction of sp³-hybridized carbons (Fsp3) is 0.238. The van der Waals surface area contributed by atoms with Gasteiger partial charge in [0.1, 0.15) is 5.82 Å². The summed E-state index contributed by atoms with van der Waals surface area (Å²) in [5, 5.41) is 8.64. The van der Waals surface area contributed by atoms with Gasteiger partial charge in [-0.25, -0.2) is 4.98 Å². The lowest BCUT2D eigenvalue weighted by Gasteiger charge is -2.15. The van der Waals surface area contributed by atoms with Crippen LogP contribution >= 0.6 is 0 Å². The van der Waals surface area contributed by atoms with Crippen molar-refractivity contribution in [3.8, 4) is 28.5 Å². The van der Waals surface area contributed by atoms with Crippen LogP contribution < -0.4 is 19.5 Å². The molecule has 0 radical (unpaired) electrons. The number of nitrogens with one attached hydrogen (secondary N) is 1. The number of methoxy groups -OCH3 is 3. The van der Waals surface area contributed by atoms with Gasteiger partial charge in [0.25, 0.3) is 0 Å². The molecule has 4 aromatic rings. The lowest BCUT2D eigenvalue weighted by Crippen LogP contribution is -1.99. The Morgan fingerprint density at radius 1 is 0.897 bits per heavy atom. The van der Waals surface area contributed by atoms with E-state index in [1.165, 1.54) is 0 Å². The number of hydrogen-bond acceptors (Lipinski definition) is 6. The van der Waals surface area contributed by atoms with E-state index in [1.54, 1.807) is 26.0 Å². The van der Waals surface area contributed by atoms with Gasteiger partial charge in [-0.1, -0.05) is 0 Å². The molecule has 0 spiro atoms. The quantitative estimate of drug-likeness (QED) is 0.538.